The van der Waals surface area contributed by atoms with Crippen LogP contribution in [0, 0.1) is 23.2 Å². The number of thiazole rings is 1. The highest BCUT2D eigenvalue weighted by molar-refractivity contribution is 7.16. The van der Waals surface area contributed by atoms with Gasteiger partial charge in [0.25, 0.3) is 0 Å². The predicted octanol–water partition coefficient (Wildman–Crippen LogP) is 2.91. The number of hydrogen-bond acceptors (Lipinski definition) is 6. The second-order valence-corrected chi connectivity index (χ2v) is 6.94. The van der Waals surface area contributed by atoms with Crippen LogP contribution < -0.4 is 5.32 Å². The number of nitrogens with zero attached hydrogens (tertiary/aromatic N) is 3. The van der Waals surface area contributed by atoms with Crippen LogP contribution in [0.4, 0.5) is 5.13 Å². The number of carbonyl (C=O) groups is 2. The van der Waals surface area contributed by atoms with E-state index in [4.69, 9.17) is 5.11 Å². The van der Waals surface area contributed by atoms with E-state index in [0.29, 0.717) is 40.5 Å². The first-order chi connectivity index (χ1) is 12.1. The van der Waals surface area contributed by atoms with Crippen LogP contribution in [-0.4, -0.2) is 27.0 Å². The number of carbonyl (C=O) groups excluding carboxylic acids is 1. The monoisotopic (exact) mass is 356 g/mol. The summed E-state index contributed by atoms with van der Waals surface area (Å²) >= 11 is 1.11. The van der Waals surface area contributed by atoms with Crippen molar-refractivity contribution in [1.29, 1.82) is 5.26 Å². The number of pyridine rings is 1. The van der Waals surface area contributed by atoms with Gasteiger partial charge in [-0.25, -0.2) is 4.98 Å². The molecule has 0 aromatic carbocycles. The molecule has 25 heavy (non-hydrogen) atoms. The van der Waals surface area contributed by atoms with E-state index in [0.717, 1.165) is 17.8 Å². The van der Waals surface area contributed by atoms with E-state index < -0.39 is 11.9 Å². The van der Waals surface area contributed by atoms with Crippen molar-refractivity contribution in [3.63, 3.8) is 0 Å². The molecule has 1 amide bonds. The van der Waals surface area contributed by atoms with Gasteiger partial charge in [0.2, 0.25) is 5.91 Å². The molecule has 2 N–H and O–H groups in total. The Bertz CT molecular complexity index is 828. The highest BCUT2D eigenvalue weighted by Crippen LogP contribution is 2.33. The van der Waals surface area contributed by atoms with Gasteiger partial charge in [-0.2, -0.15) is 5.26 Å². The fourth-order valence-corrected chi connectivity index (χ4v) is 3.80. The molecular weight excluding hydrogens is 340 g/mol. The maximum atomic E-state index is 12.4. The van der Waals surface area contributed by atoms with Gasteiger partial charge >= 0.3 is 5.97 Å². The average Bonchev–Trinajstić information content (AvgIpc) is 3.05. The molecule has 3 rings (SSSR count). The van der Waals surface area contributed by atoms with E-state index in [1.165, 1.54) is 0 Å². The molecule has 2 heterocycles. The van der Waals surface area contributed by atoms with Crippen molar-refractivity contribution in [2.24, 2.45) is 11.8 Å². The highest BCUT2D eigenvalue weighted by Gasteiger charge is 2.31. The summed E-state index contributed by atoms with van der Waals surface area (Å²) in [4.78, 5) is 32.4. The molecule has 0 saturated heterocycles. The third kappa shape index (κ3) is 3.83. The minimum atomic E-state index is -0.850. The number of nitrogens with one attached hydrogen (secondary N) is 1. The van der Waals surface area contributed by atoms with Crippen molar-refractivity contribution in [3.05, 3.63) is 29.4 Å². The largest absolute Gasteiger partial charge is 0.481 e. The molecule has 1 aliphatic carbocycles. The maximum absolute atomic E-state index is 12.4. The summed E-state index contributed by atoms with van der Waals surface area (Å²) in [5.74, 6) is -1.90. The first kappa shape index (κ1) is 17.0. The van der Waals surface area contributed by atoms with Crippen LogP contribution in [0.15, 0.2) is 24.5 Å². The van der Waals surface area contributed by atoms with Gasteiger partial charge in [0.15, 0.2) is 5.13 Å². The summed E-state index contributed by atoms with van der Waals surface area (Å²) in [7, 11) is 0. The van der Waals surface area contributed by atoms with Crippen LogP contribution in [0.5, 0.6) is 0 Å². The Labute approximate surface area is 148 Å². The highest BCUT2D eigenvalue weighted by atomic mass is 32.1. The number of aliphatic carboxylic acids is 1. The fraction of sp³-hybridized carbons (Fsp3) is 0.353. The number of carboxylic acid groups (broad SMARTS) is 1. The van der Waals surface area contributed by atoms with Gasteiger partial charge in [-0.05, 0) is 31.4 Å². The maximum Gasteiger partial charge on any atom is 0.306 e. The molecular formula is C17H16N4O3S. The van der Waals surface area contributed by atoms with Gasteiger partial charge in [-0.1, -0.05) is 17.8 Å². The zero-order chi connectivity index (χ0) is 17.8. The third-order valence-electron chi connectivity index (χ3n) is 4.29. The summed E-state index contributed by atoms with van der Waals surface area (Å²) in [6, 6.07) is 5.64. The molecule has 8 heteroatoms. The van der Waals surface area contributed by atoms with Crippen molar-refractivity contribution in [2.45, 2.75) is 25.7 Å². The minimum absolute atomic E-state index is 0.234. The van der Waals surface area contributed by atoms with Crippen LogP contribution >= 0.6 is 11.3 Å². The van der Waals surface area contributed by atoms with Gasteiger partial charge in [-0.3, -0.25) is 14.6 Å². The summed E-state index contributed by atoms with van der Waals surface area (Å²) in [6.07, 6.45) is 5.58. The van der Waals surface area contributed by atoms with Crippen LogP contribution in [-0.2, 0) is 9.59 Å². The van der Waals surface area contributed by atoms with Crippen molar-refractivity contribution in [1.82, 2.24) is 9.97 Å². The Hall–Kier alpha value is -2.79. The van der Waals surface area contributed by atoms with Crippen LogP contribution in [0.2, 0.25) is 0 Å². The van der Waals surface area contributed by atoms with E-state index in [1.54, 1.807) is 24.5 Å². The lowest BCUT2D eigenvalue weighted by molar-refractivity contribution is -0.143. The van der Waals surface area contributed by atoms with Gasteiger partial charge in [0.1, 0.15) is 16.6 Å². The molecule has 1 aliphatic rings. The van der Waals surface area contributed by atoms with E-state index in [1.807, 2.05) is 0 Å². The van der Waals surface area contributed by atoms with Crippen molar-refractivity contribution in [3.8, 4) is 17.3 Å². The Morgan fingerprint density at radius 3 is 2.84 bits per heavy atom. The molecule has 7 nitrogen and oxygen atoms in total. The quantitative estimate of drug-likeness (QED) is 0.870. The Morgan fingerprint density at radius 1 is 1.36 bits per heavy atom. The smallest absolute Gasteiger partial charge is 0.306 e. The molecule has 0 aliphatic heterocycles. The lowest BCUT2D eigenvalue weighted by Gasteiger charge is -2.25. The zero-order valence-corrected chi connectivity index (χ0v) is 14.1. The van der Waals surface area contributed by atoms with E-state index in [9.17, 15) is 14.9 Å². The zero-order valence-electron chi connectivity index (χ0n) is 13.3. The fourth-order valence-electron chi connectivity index (χ4n) is 3.01. The second-order valence-electron chi connectivity index (χ2n) is 5.94. The van der Waals surface area contributed by atoms with E-state index in [-0.39, 0.29) is 11.8 Å². The Morgan fingerprint density at radius 2 is 2.16 bits per heavy atom. The minimum Gasteiger partial charge on any atom is -0.481 e. The van der Waals surface area contributed by atoms with Gasteiger partial charge < -0.3 is 10.4 Å². The number of hydrogen-bond donors (Lipinski definition) is 2. The van der Waals surface area contributed by atoms with Gasteiger partial charge in [0.05, 0.1) is 5.92 Å². The summed E-state index contributed by atoms with van der Waals surface area (Å²) in [5, 5.41) is 21.5. The molecule has 2 aromatic heterocycles. The molecule has 0 bridgehead atoms. The number of anilines is 1. The van der Waals surface area contributed by atoms with Crippen LogP contribution in [0.3, 0.4) is 0 Å². The summed E-state index contributed by atoms with van der Waals surface area (Å²) in [6.45, 7) is 0. The third-order valence-corrected chi connectivity index (χ3v) is 5.16. The number of carboxylic acids is 1. The molecule has 2 atom stereocenters. The lowest BCUT2D eigenvalue weighted by atomic mass is 9.81. The van der Waals surface area contributed by atoms with E-state index >= 15 is 0 Å². The molecule has 1 saturated carbocycles. The predicted molar refractivity (Wildman–Crippen MR) is 91.8 cm³/mol. The number of aromatic nitrogens is 2. The van der Waals surface area contributed by atoms with Crippen molar-refractivity contribution < 1.29 is 14.7 Å². The van der Waals surface area contributed by atoms with Gasteiger partial charge in [-0.15, -0.1) is 0 Å². The van der Waals surface area contributed by atoms with Crippen molar-refractivity contribution in [2.75, 3.05) is 5.32 Å². The average molecular weight is 356 g/mol. The number of amides is 1. The standard InChI is InChI=1S/C17H16N4O3S/c18-8-13-14(12-5-2-6-19-9-12)20-17(25-13)21-15(22)10-3-1-4-11(7-10)16(23)24/h2,5-6,9-11H,1,3-4,7H2,(H,23,24)(H,20,21,22)/t10-,11+/m0/s1. The molecule has 1 fully saturated rings. The first-order valence-corrected chi connectivity index (χ1v) is 8.75. The number of rotatable bonds is 4. The second kappa shape index (κ2) is 7.40. The van der Waals surface area contributed by atoms with E-state index in [2.05, 4.69) is 21.4 Å². The van der Waals surface area contributed by atoms with Crippen LogP contribution in [0.1, 0.15) is 30.6 Å². The van der Waals surface area contributed by atoms with Crippen molar-refractivity contribution >= 4 is 28.3 Å². The summed E-state index contributed by atoms with van der Waals surface area (Å²) in [5.41, 5.74) is 1.20. The Kier molecular flexibility index (Phi) is 5.05. The normalized spacial score (nSPS) is 19.8. The molecule has 128 valence electrons. The number of nitriles is 1. The lowest BCUT2D eigenvalue weighted by Crippen LogP contribution is -2.30. The van der Waals surface area contributed by atoms with Gasteiger partial charge in [0, 0.05) is 23.9 Å². The topological polar surface area (TPSA) is 116 Å². The molecule has 0 unspecified atom stereocenters. The summed E-state index contributed by atoms with van der Waals surface area (Å²) < 4.78 is 0. The molecule has 0 radical (unpaired) electrons. The van der Waals surface area contributed by atoms with Crippen LogP contribution in [0.25, 0.3) is 11.3 Å². The molecule has 0 spiro atoms. The molecule has 2 aromatic rings. The SMILES string of the molecule is N#Cc1sc(NC(=O)[C@H]2CCC[C@@H](C(=O)O)C2)nc1-c1cccnc1. The first-order valence-electron chi connectivity index (χ1n) is 7.93. The Balaban J connectivity index is 1.75.